The van der Waals surface area contributed by atoms with Crippen LogP contribution in [-0.2, 0) is 10.5 Å². The maximum Gasteiger partial charge on any atom is 0.322 e. The van der Waals surface area contributed by atoms with E-state index < -0.39 is 70.1 Å². The largest absolute Gasteiger partial charge is 0.507 e. The van der Waals surface area contributed by atoms with E-state index in [0.717, 1.165) is 16.9 Å². The number of nitrogens with zero attached hydrogens (tertiary/aromatic N) is 3. The zero-order valence-electron chi connectivity index (χ0n) is 14.4. The molecule has 8 nitrogen and oxygen atoms in total. The van der Waals surface area contributed by atoms with Crippen molar-refractivity contribution in [1.82, 2.24) is 19.9 Å². The number of carboxylic acids is 1. The van der Waals surface area contributed by atoms with Gasteiger partial charge in [-0.25, -0.2) is 31.5 Å². The van der Waals surface area contributed by atoms with Crippen molar-refractivity contribution in [2.24, 2.45) is 0 Å². The summed E-state index contributed by atoms with van der Waals surface area (Å²) in [5, 5.41) is 24.5. The van der Waals surface area contributed by atoms with E-state index in [2.05, 4.69) is 10.1 Å². The summed E-state index contributed by atoms with van der Waals surface area (Å²) in [5.41, 5.74) is -1.74. The number of fused-ring (bicyclic) bond motifs is 1. The lowest BCUT2D eigenvalue weighted by molar-refractivity contribution is -0.135. The van der Waals surface area contributed by atoms with E-state index >= 15 is 0 Å². The van der Waals surface area contributed by atoms with Crippen LogP contribution in [0.3, 0.4) is 0 Å². The lowest BCUT2D eigenvalue weighted by atomic mass is 10.2. The summed E-state index contributed by atoms with van der Waals surface area (Å²) in [4.78, 5) is 26.5. The van der Waals surface area contributed by atoms with Crippen LogP contribution in [0.4, 0.5) is 22.0 Å². The van der Waals surface area contributed by atoms with Crippen LogP contribution in [0.2, 0.25) is 0 Å². The lowest BCUT2D eigenvalue weighted by Crippen LogP contribution is -2.29. The van der Waals surface area contributed by atoms with Crippen molar-refractivity contribution >= 4 is 29.3 Å². The molecular weight excluding hydrogens is 439 g/mol. The number of aliphatic carboxylic acids is 1. The molecule has 3 rings (SSSR count). The molecule has 30 heavy (non-hydrogen) atoms. The summed E-state index contributed by atoms with van der Waals surface area (Å²) < 4.78 is 68.5. The number of carbonyl (C=O) groups is 2. The minimum Gasteiger partial charge on any atom is -0.507 e. The highest BCUT2D eigenvalue weighted by atomic mass is 32.2. The number of rotatable bonds is 6. The molecule has 0 aliphatic carbocycles. The van der Waals surface area contributed by atoms with Crippen molar-refractivity contribution in [2.45, 2.75) is 10.8 Å². The predicted molar refractivity (Wildman–Crippen MR) is 90.4 cm³/mol. The monoisotopic (exact) mass is 448 g/mol. The molecule has 0 saturated carbocycles. The van der Waals surface area contributed by atoms with Gasteiger partial charge in [0.1, 0.15) is 29.2 Å². The Bertz CT molecular complexity index is 1160. The lowest BCUT2D eigenvalue weighted by Gasteiger charge is -2.11. The fourth-order valence-electron chi connectivity index (χ4n) is 2.43. The normalized spacial score (nSPS) is 11.1. The van der Waals surface area contributed by atoms with Gasteiger partial charge in [0.05, 0.1) is 0 Å². The standard InChI is InChI=1S/C16H9F5N4O4S/c17-10-5(11(18)13(20)14(21)12(10)19)3-30-7-1-6(26)9(15-23-4-24-25(7)15)16(29)22-2-8(27)28/h1,4,26H,2-3H2,(H,22,29)(H,27,28). The third-order valence-corrected chi connectivity index (χ3v) is 4.81. The number of thioether (sulfide) groups is 1. The summed E-state index contributed by atoms with van der Waals surface area (Å²) in [6.45, 7) is -0.741. The van der Waals surface area contributed by atoms with Gasteiger partial charge in [0, 0.05) is 17.4 Å². The quantitative estimate of drug-likeness (QED) is 0.229. The number of aromatic hydroxyl groups is 1. The average Bonchev–Trinajstić information content (AvgIpc) is 3.18. The summed E-state index contributed by atoms with van der Waals surface area (Å²) in [6.07, 6.45) is 0.977. The molecule has 0 bridgehead atoms. The second-order valence-electron chi connectivity index (χ2n) is 5.65. The minimum absolute atomic E-state index is 0.0428. The van der Waals surface area contributed by atoms with E-state index in [0.29, 0.717) is 11.8 Å². The van der Waals surface area contributed by atoms with Crippen LogP contribution in [0.15, 0.2) is 17.4 Å². The molecule has 3 aromatic rings. The Morgan fingerprint density at radius 2 is 1.67 bits per heavy atom. The second-order valence-corrected chi connectivity index (χ2v) is 6.65. The highest BCUT2D eigenvalue weighted by Gasteiger charge is 2.26. The molecule has 0 aliphatic rings. The van der Waals surface area contributed by atoms with Gasteiger partial charge in [-0.1, -0.05) is 0 Å². The summed E-state index contributed by atoms with van der Waals surface area (Å²) in [6, 6.07) is 0.952. The fourth-order valence-corrected chi connectivity index (χ4v) is 3.42. The average molecular weight is 448 g/mol. The first kappa shape index (κ1) is 21.3. The number of amides is 1. The molecule has 0 spiro atoms. The third-order valence-electron chi connectivity index (χ3n) is 3.79. The summed E-state index contributed by atoms with van der Waals surface area (Å²) in [5.74, 6) is -14.2. The number of hydrogen-bond acceptors (Lipinski definition) is 6. The van der Waals surface area contributed by atoms with Crippen LogP contribution in [0.25, 0.3) is 5.65 Å². The Balaban J connectivity index is 1.96. The van der Waals surface area contributed by atoms with Crippen molar-refractivity contribution in [3.63, 3.8) is 0 Å². The number of pyridine rings is 1. The van der Waals surface area contributed by atoms with E-state index in [4.69, 9.17) is 5.11 Å². The van der Waals surface area contributed by atoms with Crippen molar-refractivity contribution in [3.05, 3.63) is 52.6 Å². The smallest absolute Gasteiger partial charge is 0.322 e. The van der Waals surface area contributed by atoms with Gasteiger partial charge >= 0.3 is 5.97 Å². The molecule has 158 valence electrons. The van der Waals surface area contributed by atoms with E-state index in [1.165, 1.54) is 0 Å². The molecule has 2 heterocycles. The number of carboxylic acid groups (broad SMARTS) is 1. The van der Waals surface area contributed by atoms with Gasteiger partial charge in [-0.3, -0.25) is 9.59 Å². The van der Waals surface area contributed by atoms with Crippen LogP contribution >= 0.6 is 11.8 Å². The van der Waals surface area contributed by atoms with Crippen molar-refractivity contribution < 1.29 is 41.8 Å². The maximum absolute atomic E-state index is 13.8. The molecule has 14 heteroatoms. The Labute approximate surface area is 167 Å². The van der Waals surface area contributed by atoms with Gasteiger partial charge in [0.25, 0.3) is 5.91 Å². The first-order chi connectivity index (χ1) is 14.1. The molecule has 0 radical (unpaired) electrons. The number of aromatic nitrogens is 3. The number of carbonyl (C=O) groups excluding carboxylic acids is 1. The molecule has 1 aromatic carbocycles. The molecule has 0 saturated heterocycles. The second kappa shape index (κ2) is 8.14. The number of hydrogen-bond donors (Lipinski definition) is 3. The van der Waals surface area contributed by atoms with Gasteiger partial charge < -0.3 is 15.5 Å². The third kappa shape index (κ3) is 3.72. The summed E-state index contributed by atoms with van der Waals surface area (Å²) in [7, 11) is 0. The van der Waals surface area contributed by atoms with E-state index in [-0.39, 0.29) is 10.7 Å². The Kier molecular flexibility index (Phi) is 5.78. The van der Waals surface area contributed by atoms with Gasteiger partial charge in [-0.05, 0) is 0 Å². The molecule has 2 aromatic heterocycles. The highest BCUT2D eigenvalue weighted by Crippen LogP contribution is 2.33. The van der Waals surface area contributed by atoms with Crippen LogP contribution in [-0.4, -0.2) is 43.2 Å². The number of halogens is 5. The van der Waals surface area contributed by atoms with Crippen LogP contribution in [0.5, 0.6) is 5.75 Å². The molecule has 0 aliphatic heterocycles. The van der Waals surface area contributed by atoms with Crippen molar-refractivity contribution in [1.29, 1.82) is 0 Å². The fraction of sp³-hybridized carbons (Fsp3) is 0.125. The minimum atomic E-state index is -2.29. The number of nitrogens with one attached hydrogen (secondary N) is 1. The Hall–Kier alpha value is -3.42. The van der Waals surface area contributed by atoms with Crippen LogP contribution < -0.4 is 5.32 Å². The molecule has 0 unspecified atom stereocenters. The predicted octanol–water partition coefficient (Wildman–Crippen LogP) is 2.24. The first-order valence-corrected chi connectivity index (χ1v) is 8.80. The van der Waals surface area contributed by atoms with Crippen LogP contribution in [0, 0.1) is 29.1 Å². The molecular formula is C16H9F5N4O4S. The Morgan fingerprint density at radius 3 is 2.27 bits per heavy atom. The van der Waals surface area contributed by atoms with Gasteiger partial charge in [0.2, 0.25) is 5.82 Å². The highest BCUT2D eigenvalue weighted by molar-refractivity contribution is 7.98. The Morgan fingerprint density at radius 1 is 1.07 bits per heavy atom. The van der Waals surface area contributed by atoms with Gasteiger partial charge in [0.15, 0.2) is 28.9 Å². The molecule has 0 atom stereocenters. The van der Waals surface area contributed by atoms with Crippen LogP contribution in [0.1, 0.15) is 15.9 Å². The SMILES string of the molecule is O=C(O)CNC(=O)c1c(O)cc(SCc2c(F)c(F)c(F)c(F)c2F)n2ncnc12. The maximum atomic E-state index is 13.8. The van der Waals surface area contributed by atoms with Gasteiger partial charge in [-0.2, -0.15) is 5.10 Å². The van der Waals surface area contributed by atoms with Gasteiger partial charge in [-0.15, -0.1) is 11.8 Å². The van der Waals surface area contributed by atoms with E-state index in [9.17, 15) is 36.6 Å². The summed E-state index contributed by atoms with van der Waals surface area (Å²) >= 11 is 0.551. The van der Waals surface area contributed by atoms with Crippen molar-refractivity contribution in [3.8, 4) is 5.75 Å². The number of benzene rings is 1. The molecule has 0 fully saturated rings. The van der Waals surface area contributed by atoms with E-state index in [1.807, 2.05) is 5.32 Å². The zero-order valence-corrected chi connectivity index (χ0v) is 15.2. The molecule has 1 amide bonds. The first-order valence-electron chi connectivity index (χ1n) is 7.82. The van der Waals surface area contributed by atoms with Crippen molar-refractivity contribution in [2.75, 3.05) is 6.54 Å². The zero-order chi connectivity index (χ0) is 22.2. The molecule has 3 N–H and O–H groups in total. The topological polar surface area (TPSA) is 117 Å². The van der Waals surface area contributed by atoms with E-state index in [1.54, 1.807) is 0 Å².